The normalized spacial score (nSPS) is 25.2. The molecule has 1 unspecified atom stereocenters. The molecule has 2 N–H and O–H groups in total. The second kappa shape index (κ2) is 4.91. The summed E-state index contributed by atoms with van der Waals surface area (Å²) >= 11 is 3.50. The third-order valence-electron chi connectivity index (χ3n) is 4.42. The highest BCUT2D eigenvalue weighted by Gasteiger charge is 2.45. The lowest BCUT2D eigenvalue weighted by Crippen LogP contribution is -2.59. The number of benzene rings is 1. The molecule has 2 aliphatic rings. The monoisotopic (exact) mass is 322 g/mol. The zero-order valence-corrected chi connectivity index (χ0v) is 12.5. The smallest absolute Gasteiger partial charge is 0.243 e. The third kappa shape index (κ3) is 2.32. The van der Waals surface area contributed by atoms with Gasteiger partial charge in [-0.2, -0.15) is 0 Å². The zero-order valence-electron chi connectivity index (χ0n) is 10.9. The van der Waals surface area contributed by atoms with E-state index < -0.39 is 5.54 Å². The number of likely N-dealkylation sites (tertiary alicyclic amines) is 1. The molecule has 1 aliphatic carbocycles. The van der Waals surface area contributed by atoms with Gasteiger partial charge in [-0.15, -0.1) is 0 Å². The van der Waals surface area contributed by atoms with E-state index >= 15 is 0 Å². The molecule has 0 aromatic heterocycles. The molecule has 102 valence electrons. The highest BCUT2D eigenvalue weighted by molar-refractivity contribution is 9.10. The Kier molecular flexibility index (Phi) is 3.39. The fraction of sp³-hybridized carbons (Fsp3) is 0.533. The van der Waals surface area contributed by atoms with Gasteiger partial charge in [-0.25, -0.2) is 0 Å². The van der Waals surface area contributed by atoms with E-state index in [-0.39, 0.29) is 11.9 Å². The molecule has 1 heterocycles. The molecule has 2 fully saturated rings. The van der Waals surface area contributed by atoms with Gasteiger partial charge >= 0.3 is 0 Å². The summed E-state index contributed by atoms with van der Waals surface area (Å²) < 4.78 is 1.07. The second-order valence-corrected chi connectivity index (χ2v) is 6.64. The standard InChI is InChI=1S/C15H19BrN2O/c16-12-5-1-4-11(10-12)13-6-2-9-18(13)14(19)15(17)7-3-8-15/h1,4-5,10,13H,2-3,6-9,17H2. The number of rotatable bonds is 2. The van der Waals surface area contributed by atoms with Crippen LogP contribution in [0.5, 0.6) is 0 Å². The Labute approximate surface area is 122 Å². The molecule has 1 aliphatic heterocycles. The molecule has 1 amide bonds. The van der Waals surface area contributed by atoms with Gasteiger partial charge in [0.05, 0.1) is 11.6 Å². The van der Waals surface area contributed by atoms with E-state index in [9.17, 15) is 4.79 Å². The maximum atomic E-state index is 12.6. The summed E-state index contributed by atoms with van der Waals surface area (Å²) in [6.45, 7) is 0.842. The van der Waals surface area contributed by atoms with Crippen LogP contribution in [0.25, 0.3) is 0 Å². The van der Waals surface area contributed by atoms with Crippen molar-refractivity contribution >= 4 is 21.8 Å². The molecule has 3 rings (SSSR count). The molecule has 1 aromatic rings. The Morgan fingerprint density at radius 2 is 2.16 bits per heavy atom. The van der Waals surface area contributed by atoms with Gasteiger partial charge in [-0.1, -0.05) is 28.1 Å². The van der Waals surface area contributed by atoms with Gasteiger partial charge in [0, 0.05) is 11.0 Å². The Morgan fingerprint density at radius 1 is 1.37 bits per heavy atom. The quantitative estimate of drug-likeness (QED) is 0.909. The molecule has 3 nitrogen and oxygen atoms in total. The van der Waals surface area contributed by atoms with Crippen molar-refractivity contribution in [3.63, 3.8) is 0 Å². The van der Waals surface area contributed by atoms with Crippen molar-refractivity contribution in [1.29, 1.82) is 0 Å². The topological polar surface area (TPSA) is 46.3 Å². The van der Waals surface area contributed by atoms with Crippen molar-refractivity contribution in [2.45, 2.75) is 43.7 Å². The fourth-order valence-corrected chi connectivity index (χ4v) is 3.54. The number of carbonyl (C=O) groups excluding carboxylic acids is 1. The summed E-state index contributed by atoms with van der Waals surface area (Å²) in [5, 5.41) is 0. The molecule has 0 radical (unpaired) electrons. The van der Waals surface area contributed by atoms with E-state index in [1.54, 1.807) is 0 Å². The number of hydrogen-bond acceptors (Lipinski definition) is 2. The number of amides is 1. The van der Waals surface area contributed by atoms with Crippen molar-refractivity contribution in [3.8, 4) is 0 Å². The van der Waals surface area contributed by atoms with Gasteiger partial charge in [0.2, 0.25) is 5.91 Å². The number of nitrogens with zero attached hydrogens (tertiary/aromatic N) is 1. The number of hydrogen-bond donors (Lipinski definition) is 1. The highest BCUT2D eigenvalue weighted by Crippen LogP contribution is 2.38. The minimum Gasteiger partial charge on any atom is -0.334 e. The predicted molar refractivity (Wildman–Crippen MR) is 78.6 cm³/mol. The zero-order chi connectivity index (χ0) is 13.5. The van der Waals surface area contributed by atoms with Crippen LogP contribution in [0.2, 0.25) is 0 Å². The average Bonchev–Trinajstić information content (AvgIpc) is 2.84. The summed E-state index contributed by atoms with van der Waals surface area (Å²) in [6, 6.07) is 8.46. The number of halogens is 1. The Morgan fingerprint density at radius 3 is 2.79 bits per heavy atom. The molecular formula is C15H19BrN2O. The molecular weight excluding hydrogens is 304 g/mol. The van der Waals surface area contributed by atoms with Crippen LogP contribution in [0.3, 0.4) is 0 Å². The fourth-order valence-electron chi connectivity index (χ4n) is 3.13. The van der Waals surface area contributed by atoms with Crippen molar-refractivity contribution in [2.24, 2.45) is 5.73 Å². The van der Waals surface area contributed by atoms with E-state index in [4.69, 9.17) is 5.73 Å². The molecule has 1 saturated heterocycles. The van der Waals surface area contributed by atoms with Crippen LogP contribution in [0.1, 0.15) is 43.7 Å². The van der Waals surface area contributed by atoms with Gasteiger partial charge in [0.15, 0.2) is 0 Å². The van der Waals surface area contributed by atoms with Crippen LogP contribution >= 0.6 is 15.9 Å². The van der Waals surface area contributed by atoms with E-state index in [1.165, 1.54) is 5.56 Å². The van der Waals surface area contributed by atoms with Gasteiger partial charge in [0.1, 0.15) is 0 Å². The average molecular weight is 323 g/mol. The van der Waals surface area contributed by atoms with Gasteiger partial charge in [-0.05, 0) is 49.8 Å². The second-order valence-electron chi connectivity index (χ2n) is 5.72. The maximum absolute atomic E-state index is 12.6. The molecule has 1 saturated carbocycles. The maximum Gasteiger partial charge on any atom is 0.243 e. The Bertz CT molecular complexity index is 499. The van der Waals surface area contributed by atoms with E-state index in [0.717, 1.165) is 43.1 Å². The number of nitrogens with two attached hydrogens (primary N) is 1. The van der Waals surface area contributed by atoms with Crippen molar-refractivity contribution < 1.29 is 4.79 Å². The van der Waals surface area contributed by atoms with Crippen LogP contribution < -0.4 is 5.73 Å². The first-order valence-electron chi connectivity index (χ1n) is 6.96. The van der Waals surface area contributed by atoms with E-state index in [0.29, 0.717) is 0 Å². The Balaban J connectivity index is 1.83. The summed E-state index contributed by atoms with van der Waals surface area (Å²) in [5.41, 5.74) is 6.83. The van der Waals surface area contributed by atoms with Crippen LogP contribution in [-0.4, -0.2) is 22.9 Å². The third-order valence-corrected chi connectivity index (χ3v) is 4.91. The van der Waals surface area contributed by atoms with Crippen molar-refractivity contribution in [1.82, 2.24) is 4.90 Å². The lowest BCUT2D eigenvalue weighted by Gasteiger charge is -2.41. The molecule has 19 heavy (non-hydrogen) atoms. The van der Waals surface area contributed by atoms with E-state index in [1.807, 2.05) is 17.0 Å². The lowest BCUT2D eigenvalue weighted by atomic mass is 9.76. The summed E-state index contributed by atoms with van der Waals surface area (Å²) in [5.74, 6) is 0.154. The van der Waals surface area contributed by atoms with Gasteiger partial charge in [-0.3, -0.25) is 4.79 Å². The summed E-state index contributed by atoms with van der Waals surface area (Å²) in [6.07, 6.45) is 4.87. The minimum atomic E-state index is -0.575. The minimum absolute atomic E-state index is 0.154. The van der Waals surface area contributed by atoms with Crippen LogP contribution in [0, 0.1) is 0 Å². The highest BCUT2D eigenvalue weighted by atomic mass is 79.9. The predicted octanol–water partition coefficient (Wildman–Crippen LogP) is 2.99. The first-order chi connectivity index (χ1) is 9.10. The first-order valence-corrected chi connectivity index (χ1v) is 7.75. The van der Waals surface area contributed by atoms with E-state index in [2.05, 4.69) is 28.1 Å². The molecule has 1 aromatic carbocycles. The molecule has 4 heteroatoms. The summed E-state index contributed by atoms with van der Waals surface area (Å²) in [4.78, 5) is 14.6. The van der Waals surface area contributed by atoms with Crippen LogP contribution in [0.4, 0.5) is 0 Å². The summed E-state index contributed by atoms with van der Waals surface area (Å²) in [7, 11) is 0. The largest absolute Gasteiger partial charge is 0.334 e. The Hall–Kier alpha value is -0.870. The number of carbonyl (C=O) groups is 1. The van der Waals surface area contributed by atoms with Crippen molar-refractivity contribution in [3.05, 3.63) is 34.3 Å². The van der Waals surface area contributed by atoms with Crippen molar-refractivity contribution in [2.75, 3.05) is 6.54 Å². The van der Waals surface area contributed by atoms with Crippen LogP contribution in [-0.2, 0) is 4.79 Å². The van der Waals surface area contributed by atoms with Gasteiger partial charge in [0.25, 0.3) is 0 Å². The first kappa shape index (κ1) is 13.1. The van der Waals surface area contributed by atoms with Gasteiger partial charge < -0.3 is 10.6 Å². The molecule has 0 spiro atoms. The lowest BCUT2D eigenvalue weighted by molar-refractivity contribution is -0.141. The molecule has 0 bridgehead atoms. The van der Waals surface area contributed by atoms with Crippen LogP contribution in [0.15, 0.2) is 28.7 Å². The SMILES string of the molecule is NC1(C(=O)N2CCCC2c2cccc(Br)c2)CCC1. The molecule has 1 atom stereocenters.